The van der Waals surface area contributed by atoms with E-state index in [4.69, 9.17) is 0 Å². The summed E-state index contributed by atoms with van der Waals surface area (Å²) in [5.74, 6) is 0.702. The molecule has 6 heteroatoms. The average molecular weight is 264 g/mol. The maximum atomic E-state index is 11.0. The van der Waals surface area contributed by atoms with E-state index in [1.54, 1.807) is 19.2 Å². The summed E-state index contributed by atoms with van der Waals surface area (Å²) in [4.78, 5) is 17.2. The van der Waals surface area contributed by atoms with Gasteiger partial charge in [0.15, 0.2) is 0 Å². The number of piperidine rings is 1. The first kappa shape index (κ1) is 13.7. The van der Waals surface area contributed by atoms with Crippen molar-refractivity contribution >= 4 is 11.5 Å². The van der Waals surface area contributed by atoms with Gasteiger partial charge < -0.3 is 10.2 Å². The molecule has 0 aromatic carbocycles. The van der Waals surface area contributed by atoms with E-state index in [0.717, 1.165) is 32.5 Å². The Labute approximate surface area is 113 Å². The highest BCUT2D eigenvalue weighted by atomic mass is 16.6. The molecule has 1 aliphatic rings. The lowest BCUT2D eigenvalue weighted by Crippen LogP contribution is -2.46. The van der Waals surface area contributed by atoms with Crippen molar-refractivity contribution in [2.45, 2.75) is 32.7 Å². The van der Waals surface area contributed by atoms with Gasteiger partial charge in [-0.1, -0.05) is 0 Å². The molecular formula is C13H20N4O2. The predicted molar refractivity (Wildman–Crippen MR) is 74.5 cm³/mol. The van der Waals surface area contributed by atoms with Gasteiger partial charge in [0, 0.05) is 30.9 Å². The number of aromatic nitrogens is 1. The van der Waals surface area contributed by atoms with Crippen molar-refractivity contribution in [3.05, 3.63) is 27.9 Å². The summed E-state index contributed by atoms with van der Waals surface area (Å²) >= 11 is 0. The lowest BCUT2D eigenvalue weighted by molar-refractivity contribution is -0.385. The van der Waals surface area contributed by atoms with Gasteiger partial charge in [0.05, 0.1) is 11.0 Å². The Morgan fingerprint density at radius 3 is 3.00 bits per heavy atom. The van der Waals surface area contributed by atoms with E-state index in [1.807, 2.05) is 0 Å². The third-order valence-corrected chi connectivity index (χ3v) is 3.60. The fourth-order valence-electron chi connectivity index (χ4n) is 2.56. The molecule has 0 saturated carbocycles. The molecule has 19 heavy (non-hydrogen) atoms. The zero-order valence-electron chi connectivity index (χ0n) is 11.4. The summed E-state index contributed by atoms with van der Waals surface area (Å²) in [6, 6.07) is 1.96. The molecule has 2 heterocycles. The van der Waals surface area contributed by atoms with E-state index in [2.05, 4.69) is 22.1 Å². The van der Waals surface area contributed by atoms with Crippen LogP contribution in [-0.4, -0.2) is 35.6 Å². The Morgan fingerprint density at radius 1 is 1.63 bits per heavy atom. The second-order valence-electron chi connectivity index (χ2n) is 4.87. The molecule has 1 saturated heterocycles. The van der Waals surface area contributed by atoms with Crippen LogP contribution in [0.2, 0.25) is 0 Å². The predicted octanol–water partition coefficient (Wildman–Crippen LogP) is 1.88. The zero-order chi connectivity index (χ0) is 13.8. The highest BCUT2D eigenvalue weighted by molar-refractivity contribution is 5.51. The number of hydrogen-bond acceptors (Lipinski definition) is 5. The van der Waals surface area contributed by atoms with Crippen LogP contribution < -0.4 is 10.2 Å². The van der Waals surface area contributed by atoms with Crippen LogP contribution in [0, 0.1) is 17.0 Å². The van der Waals surface area contributed by atoms with E-state index in [1.165, 1.54) is 0 Å². The molecule has 1 aromatic rings. The second-order valence-corrected chi connectivity index (χ2v) is 4.87. The van der Waals surface area contributed by atoms with Gasteiger partial charge in [-0.3, -0.25) is 10.1 Å². The molecule has 1 aliphatic heterocycles. The van der Waals surface area contributed by atoms with Crippen molar-refractivity contribution in [3.8, 4) is 0 Å². The molecule has 0 radical (unpaired) electrons. The SMILES string of the molecule is CCN(c1cc([N+](=O)[O-])c(C)cn1)C1CCCNC1. The van der Waals surface area contributed by atoms with Gasteiger partial charge in [-0.05, 0) is 33.2 Å². The quantitative estimate of drug-likeness (QED) is 0.664. The smallest absolute Gasteiger partial charge is 0.277 e. The summed E-state index contributed by atoms with van der Waals surface area (Å²) in [6.07, 6.45) is 3.83. The maximum Gasteiger partial charge on any atom is 0.277 e. The van der Waals surface area contributed by atoms with E-state index < -0.39 is 0 Å². The van der Waals surface area contributed by atoms with Gasteiger partial charge in [0.25, 0.3) is 5.69 Å². The highest BCUT2D eigenvalue weighted by Gasteiger charge is 2.23. The monoisotopic (exact) mass is 264 g/mol. The zero-order valence-corrected chi connectivity index (χ0v) is 11.4. The lowest BCUT2D eigenvalue weighted by atomic mass is 10.1. The standard InChI is InChI=1S/C13H20N4O2/c1-3-16(11-5-4-6-14-9-11)13-7-12(17(18)19)10(2)8-15-13/h7-8,11,14H,3-6,9H2,1-2H3. The molecule has 1 unspecified atom stereocenters. The summed E-state index contributed by atoms with van der Waals surface area (Å²) in [6.45, 7) is 6.54. The minimum absolute atomic E-state index is 0.146. The average Bonchev–Trinajstić information content (AvgIpc) is 2.42. The molecule has 1 atom stereocenters. The normalized spacial score (nSPS) is 19.2. The van der Waals surface area contributed by atoms with Crippen molar-refractivity contribution in [1.82, 2.24) is 10.3 Å². The first-order valence-corrected chi connectivity index (χ1v) is 6.72. The molecule has 6 nitrogen and oxygen atoms in total. The minimum Gasteiger partial charge on any atom is -0.352 e. The van der Waals surface area contributed by atoms with Crippen molar-refractivity contribution in [2.24, 2.45) is 0 Å². The lowest BCUT2D eigenvalue weighted by Gasteiger charge is -2.34. The first-order valence-electron chi connectivity index (χ1n) is 6.72. The number of pyridine rings is 1. The van der Waals surface area contributed by atoms with E-state index in [9.17, 15) is 10.1 Å². The molecule has 1 fully saturated rings. The van der Waals surface area contributed by atoms with Gasteiger partial charge in [-0.2, -0.15) is 0 Å². The van der Waals surface area contributed by atoms with Crippen LogP contribution in [0.4, 0.5) is 11.5 Å². The van der Waals surface area contributed by atoms with Crippen LogP contribution in [0.15, 0.2) is 12.3 Å². The van der Waals surface area contributed by atoms with E-state index in [0.29, 0.717) is 17.4 Å². The van der Waals surface area contributed by atoms with Crippen LogP contribution in [-0.2, 0) is 0 Å². The fourth-order valence-corrected chi connectivity index (χ4v) is 2.56. The molecule has 0 bridgehead atoms. The van der Waals surface area contributed by atoms with Crippen molar-refractivity contribution < 1.29 is 4.92 Å². The minimum atomic E-state index is -0.340. The second kappa shape index (κ2) is 5.97. The number of nitrogens with one attached hydrogen (secondary N) is 1. The number of hydrogen-bond donors (Lipinski definition) is 1. The largest absolute Gasteiger partial charge is 0.352 e. The maximum absolute atomic E-state index is 11.0. The summed E-state index contributed by atoms with van der Waals surface area (Å²) in [5, 5.41) is 14.4. The Bertz CT molecular complexity index is 458. The molecule has 0 spiro atoms. The molecular weight excluding hydrogens is 244 g/mol. The van der Waals surface area contributed by atoms with Crippen LogP contribution >= 0.6 is 0 Å². The van der Waals surface area contributed by atoms with Gasteiger partial charge in [0.2, 0.25) is 0 Å². The first-order chi connectivity index (χ1) is 9.13. The van der Waals surface area contributed by atoms with Crippen LogP contribution in [0.25, 0.3) is 0 Å². The van der Waals surface area contributed by atoms with Crippen molar-refractivity contribution in [1.29, 1.82) is 0 Å². The number of nitrogens with zero attached hydrogens (tertiary/aromatic N) is 3. The molecule has 104 valence electrons. The molecule has 0 aliphatic carbocycles. The number of nitro groups is 1. The summed E-state index contributed by atoms with van der Waals surface area (Å²) < 4.78 is 0. The van der Waals surface area contributed by atoms with Crippen LogP contribution in [0.1, 0.15) is 25.3 Å². The summed E-state index contributed by atoms with van der Waals surface area (Å²) in [5.41, 5.74) is 0.749. The van der Waals surface area contributed by atoms with Crippen LogP contribution in [0.3, 0.4) is 0 Å². The van der Waals surface area contributed by atoms with Crippen molar-refractivity contribution in [3.63, 3.8) is 0 Å². The number of rotatable bonds is 4. The number of likely N-dealkylation sites (N-methyl/N-ethyl adjacent to an activating group) is 1. The fraction of sp³-hybridized carbons (Fsp3) is 0.615. The topological polar surface area (TPSA) is 71.3 Å². The number of anilines is 1. The van der Waals surface area contributed by atoms with Gasteiger partial charge >= 0.3 is 0 Å². The van der Waals surface area contributed by atoms with Crippen molar-refractivity contribution in [2.75, 3.05) is 24.5 Å². The Morgan fingerprint density at radius 2 is 2.42 bits per heavy atom. The Hall–Kier alpha value is -1.69. The van der Waals surface area contributed by atoms with E-state index >= 15 is 0 Å². The number of aryl methyl sites for hydroxylation is 1. The third kappa shape index (κ3) is 3.01. The molecule has 1 aromatic heterocycles. The molecule has 2 rings (SSSR count). The van der Waals surface area contributed by atoms with Gasteiger partial charge in [-0.25, -0.2) is 4.98 Å². The van der Waals surface area contributed by atoms with Crippen LogP contribution in [0.5, 0.6) is 0 Å². The van der Waals surface area contributed by atoms with E-state index in [-0.39, 0.29) is 10.6 Å². The molecule has 1 N–H and O–H groups in total. The summed E-state index contributed by atoms with van der Waals surface area (Å²) in [7, 11) is 0. The van der Waals surface area contributed by atoms with Gasteiger partial charge in [-0.15, -0.1) is 0 Å². The Kier molecular flexibility index (Phi) is 4.31. The molecule has 0 amide bonds. The Balaban J connectivity index is 2.27. The highest BCUT2D eigenvalue weighted by Crippen LogP contribution is 2.25. The van der Waals surface area contributed by atoms with Gasteiger partial charge in [0.1, 0.15) is 5.82 Å². The third-order valence-electron chi connectivity index (χ3n) is 3.60.